The highest BCUT2D eigenvalue weighted by Crippen LogP contribution is 2.39. The van der Waals surface area contributed by atoms with Crippen LogP contribution in [0.1, 0.15) is 49.5 Å². The van der Waals surface area contributed by atoms with E-state index >= 15 is 0 Å². The molecule has 1 saturated carbocycles. The van der Waals surface area contributed by atoms with Gasteiger partial charge in [-0.05, 0) is 43.5 Å². The molecule has 5 nitrogen and oxygen atoms in total. The normalized spacial score (nSPS) is 14.6. The number of fused-ring (bicyclic) bond motifs is 1. The first-order valence-electron chi connectivity index (χ1n) is 9.65. The van der Waals surface area contributed by atoms with Gasteiger partial charge in [0, 0.05) is 29.3 Å². The molecule has 6 heteroatoms. The summed E-state index contributed by atoms with van der Waals surface area (Å²) >= 11 is 6.13. The van der Waals surface area contributed by atoms with E-state index in [1.165, 1.54) is 0 Å². The second-order valence-corrected chi connectivity index (χ2v) is 7.68. The van der Waals surface area contributed by atoms with Crippen LogP contribution in [0.3, 0.4) is 0 Å². The van der Waals surface area contributed by atoms with Gasteiger partial charge in [0.15, 0.2) is 0 Å². The lowest BCUT2D eigenvalue weighted by atomic mass is 10.1. The molecule has 1 unspecified atom stereocenters. The fourth-order valence-corrected chi connectivity index (χ4v) is 3.38. The van der Waals surface area contributed by atoms with Gasteiger partial charge in [-0.25, -0.2) is 9.97 Å². The summed E-state index contributed by atoms with van der Waals surface area (Å²) in [6.07, 6.45) is 2.63. The van der Waals surface area contributed by atoms with E-state index < -0.39 is 0 Å². The molecule has 0 bridgehead atoms. The van der Waals surface area contributed by atoms with Gasteiger partial charge in [-0.15, -0.1) is 0 Å². The number of halogens is 1. The van der Waals surface area contributed by atoms with Crippen molar-refractivity contribution in [2.24, 2.45) is 0 Å². The molecule has 1 aliphatic rings. The van der Waals surface area contributed by atoms with Crippen molar-refractivity contribution in [3.8, 4) is 0 Å². The van der Waals surface area contributed by atoms with Crippen LogP contribution in [0.2, 0.25) is 5.02 Å². The van der Waals surface area contributed by atoms with E-state index in [9.17, 15) is 4.79 Å². The molecule has 28 heavy (non-hydrogen) atoms. The molecular formula is C22H23ClN4O. The maximum atomic E-state index is 12.3. The first-order valence-corrected chi connectivity index (χ1v) is 10.0. The van der Waals surface area contributed by atoms with Crippen molar-refractivity contribution in [1.82, 2.24) is 15.3 Å². The summed E-state index contributed by atoms with van der Waals surface area (Å²) in [4.78, 5) is 21.7. The topological polar surface area (TPSA) is 66.9 Å². The van der Waals surface area contributed by atoms with Crippen molar-refractivity contribution in [3.05, 3.63) is 64.9 Å². The summed E-state index contributed by atoms with van der Waals surface area (Å²) < 4.78 is 0. The lowest BCUT2D eigenvalue weighted by Gasteiger charge is -2.15. The molecule has 1 amide bonds. The van der Waals surface area contributed by atoms with E-state index in [2.05, 4.69) is 15.6 Å². The summed E-state index contributed by atoms with van der Waals surface area (Å²) in [5, 5.41) is 7.94. The smallest absolute Gasteiger partial charge is 0.222 e. The average Bonchev–Trinajstić information content (AvgIpc) is 3.53. The number of anilines is 1. The van der Waals surface area contributed by atoms with E-state index in [1.807, 2.05) is 55.5 Å². The highest BCUT2D eigenvalue weighted by molar-refractivity contribution is 6.31. The minimum Gasteiger partial charge on any atom is -0.369 e. The van der Waals surface area contributed by atoms with Crippen molar-refractivity contribution >= 4 is 34.2 Å². The average molecular weight is 395 g/mol. The molecule has 0 spiro atoms. The predicted molar refractivity (Wildman–Crippen MR) is 113 cm³/mol. The maximum absolute atomic E-state index is 12.3. The van der Waals surface area contributed by atoms with E-state index in [-0.39, 0.29) is 11.9 Å². The Morgan fingerprint density at radius 3 is 2.71 bits per heavy atom. The van der Waals surface area contributed by atoms with Crippen LogP contribution in [0.15, 0.2) is 48.5 Å². The van der Waals surface area contributed by atoms with Crippen LogP contribution in [0.25, 0.3) is 10.9 Å². The number of carbonyl (C=O) groups is 1. The Balaban J connectivity index is 1.40. The first-order chi connectivity index (χ1) is 13.6. The number of aromatic nitrogens is 2. The number of hydrogen-bond donors (Lipinski definition) is 2. The zero-order valence-corrected chi connectivity index (χ0v) is 16.5. The molecule has 1 aliphatic carbocycles. The van der Waals surface area contributed by atoms with Crippen molar-refractivity contribution in [1.29, 1.82) is 0 Å². The van der Waals surface area contributed by atoms with Crippen molar-refractivity contribution in [3.63, 3.8) is 0 Å². The van der Waals surface area contributed by atoms with Gasteiger partial charge in [0.1, 0.15) is 11.6 Å². The Bertz CT molecular complexity index is 988. The van der Waals surface area contributed by atoms with Gasteiger partial charge in [0.25, 0.3) is 0 Å². The monoisotopic (exact) mass is 394 g/mol. The Hall–Kier alpha value is -2.66. The zero-order valence-electron chi connectivity index (χ0n) is 15.8. The van der Waals surface area contributed by atoms with Gasteiger partial charge < -0.3 is 10.6 Å². The molecule has 1 heterocycles. The Morgan fingerprint density at radius 1 is 1.18 bits per heavy atom. The van der Waals surface area contributed by atoms with Crippen LogP contribution < -0.4 is 10.6 Å². The molecule has 1 aromatic heterocycles. The number of nitrogens with one attached hydrogen (secondary N) is 2. The quantitative estimate of drug-likeness (QED) is 0.601. The van der Waals surface area contributed by atoms with Crippen LogP contribution in [0.5, 0.6) is 0 Å². The molecule has 1 fully saturated rings. The molecule has 0 radical (unpaired) electrons. The van der Waals surface area contributed by atoms with Gasteiger partial charge in [0.2, 0.25) is 5.91 Å². The van der Waals surface area contributed by atoms with E-state index in [4.69, 9.17) is 16.6 Å². The second-order valence-electron chi connectivity index (χ2n) is 7.24. The fraction of sp³-hybridized carbons (Fsp3) is 0.318. The molecular weight excluding hydrogens is 372 g/mol. The van der Waals surface area contributed by atoms with Gasteiger partial charge in [-0.3, -0.25) is 4.79 Å². The van der Waals surface area contributed by atoms with Crippen molar-refractivity contribution < 1.29 is 4.79 Å². The summed E-state index contributed by atoms with van der Waals surface area (Å²) in [5.74, 6) is 2.08. The summed E-state index contributed by atoms with van der Waals surface area (Å²) in [6.45, 7) is 2.50. The van der Waals surface area contributed by atoms with Gasteiger partial charge in [-0.2, -0.15) is 0 Å². The number of amides is 1. The minimum atomic E-state index is -0.0165. The third-order valence-corrected chi connectivity index (χ3v) is 5.18. The second kappa shape index (κ2) is 8.15. The van der Waals surface area contributed by atoms with Crippen LogP contribution in [-0.2, 0) is 4.79 Å². The molecule has 0 aliphatic heterocycles. The van der Waals surface area contributed by atoms with Gasteiger partial charge in [0.05, 0.1) is 11.6 Å². The van der Waals surface area contributed by atoms with E-state index in [1.54, 1.807) is 0 Å². The van der Waals surface area contributed by atoms with E-state index in [0.717, 1.165) is 41.0 Å². The lowest BCUT2D eigenvalue weighted by molar-refractivity contribution is -0.121. The lowest BCUT2D eigenvalue weighted by Crippen LogP contribution is -2.28. The number of carbonyl (C=O) groups excluding carboxylic acids is 1. The van der Waals surface area contributed by atoms with Crippen LogP contribution >= 0.6 is 11.6 Å². The van der Waals surface area contributed by atoms with Gasteiger partial charge in [-0.1, -0.05) is 41.9 Å². The summed E-state index contributed by atoms with van der Waals surface area (Å²) in [7, 11) is 0. The molecule has 1 atom stereocenters. The van der Waals surface area contributed by atoms with Gasteiger partial charge >= 0.3 is 0 Å². The Morgan fingerprint density at radius 2 is 1.96 bits per heavy atom. The SMILES string of the molecule is CC(NC(=O)CCNc1nc(C2CC2)nc2cc(Cl)ccc12)c1ccccc1. The first kappa shape index (κ1) is 18.7. The zero-order chi connectivity index (χ0) is 19.5. The standard InChI is InChI=1S/C22H23ClN4O/c1-14(15-5-3-2-4-6-15)25-20(28)11-12-24-22-18-10-9-17(23)13-19(18)26-21(27-22)16-7-8-16/h2-6,9-10,13-14,16H,7-8,11-12H2,1H3,(H,25,28)(H,24,26,27). The molecule has 144 valence electrons. The fourth-order valence-electron chi connectivity index (χ4n) is 3.21. The summed E-state index contributed by atoms with van der Waals surface area (Å²) in [6, 6.07) is 15.6. The summed E-state index contributed by atoms with van der Waals surface area (Å²) in [5.41, 5.74) is 1.94. The highest BCUT2D eigenvalue weighted by Gasteiger charge is 2.27. The maximum Gasteiger partial charge on any atom is 0.222 e. The Kier molecular flexibility index (Phi) is 5.44. The largest absolute Gasteiger partial charge is 0.369 e. The molecule has 0 saturated heterocycles. The molecule has 4 rings (SSSR count). The van der Waals surface area contributed by atoms with Crippen molar-refractivity contribution in [2.75, 3.05) is 11.9 Å². The van der Waals surface area contributed by atoms with Crippen LogP contribution in [-0.4, -0.2) is 22.4 Å². The molecule has 3 aromatic rings. The third kappa shape index (κ3) is 4.42. The predicted octanol–water partition coefficient (Wildman–Crippen LogP) is 4.84. The molecule has 2 aromatic carbocycles. The minimum absolute atomic E-state index is 0.00711. The van der Waals surface area contributed by atoms with Crippen molar-refractivity contribution in [2.45, 2.75) is 38.1 Å². The number of benzene rings is 2. The highest BCUT2D eigenvalue weighted by atomic mass is 35.5. The van der Waals surface area contributed by atoms with Crippen LogP contribution in [0.4, 0.5) is 5.82 Å². The van der Waals surface area contributed by atoms with Crippen LogP contribution in [0, 0.1) is 0 Å². The number of hydrogen-bond acceptors (Lipinski definition) is 4. The van der Waals surface area contributed by atoms with E-state index in [0.29, 0.717) is 23.9 Å². The molecule has 2 N–H and O–H groups in total. The number of rotatable bonds is 7. The Labute approximate surface area is 169 Å². The third-order valence-electron chi connectivity index (χ3n) is 4.94. The number of nitrogens with zero attached hydrogens (tertiary/aromatic N) is 2.